The Bertz CT molecular complexity index is 1820. The second-order valence-electron chi connectivity index (χ2n) is 11.6. The summed E-state index contributed by atoms with van der Waals surface area (Å²) in [5.41, 5.74) is 4.26. The van der Waals surface area contributed by atoms with Crippen LogP contribution in [-0.4, -0.2) is 54.3 Å². The van der Waals surface area contributed by atoms with Gasteiger partial charge in [-0.1, -0.05) is 18.6 Å². The van der Waals surface area contributed by atoms with Crippen molar-refractivity contribution in [3.63, 3.8) is 0 Å². The third-order valence-electron chi connectivity index (χ3n) is 8.42. The van der Waals surface area contributed by atoms with Crippen LogP contribution in [0.15, 0.2) is 53.5 Å². The highest BCUT2D eigenvalue weighted by Gasteiger charge is 2.29. The van der Waals surface area contributed by atoms with E-state index in [0.717, 1.165) is 35.2 Å². The van der Waals surface area contributed by atoms with E-state index in [9.17, 15) is 14.4 Å². The number of fused-ring (bicyclic) bond motifs is 4. The van der Waals surface area contributed by atoms with Crippen LogP contribution in [0.5, 0.6) is 17.2 Å². The number of nitrogens with zero attached hydrogens (tertiary/aromatic N) is 3. The lowest BCUT2D eigenvalue weighted by Gasteiger charge is -2.19. The molecule has 2 amide bonds. The molecule has 1 aliphatic carbocycles. The first-order valence-corrected chi connectivity index (χ1v) is 15.9. The van der Waals surface area contributed by atoms with Crippen molar-refractivity contribution in [2.45, 2.75) is 64.5 Å². The number of benzene rings is 1. The van der Waals surface area contributed by atoms with Gasteiger partial charge in [-0.15, -0.1) is 10.2 Å². The summed E-state index contributed by atoms with van der Waals surface area (Å²) >= 11 is 0. The van der Waals surface area contributed by atoms with Crippen LogP contribution >= 0.6 is 0 Å². The number of nitrogens with one attached hydrogen (secondary N) is 3. The number of rotatable bonds is 13. The molecule has 2 aromatic heterocycles. The fraction of sp³-hybridized carbons (Fsp3) is 0.400. The van der Waals surface area contributed by atoms with Gasteiger partial charge in [-0.05, 0) is 79.6 Å². The molecule has 12 nitrogen and oxygen atoms in total. The lowest BCUT2D eigenvalue weighted by Crippen LogP contribution is -2.27. The molecular formula is C35H42N6O6. The molecule has 2 heterocycles. The molecule has 2 atom stereocenters. The average Bonchev–Trinajstić information content (AvgIpc) is 3.36. The summed E-state index contributed by atoms with van der Waals surface area (Å²) in [6, 6.07) is 12.2. The van der Waals surface area contributed by atoms with Crippen molar-refractivity contribution in [2.75, 3.05) is 33.2 Å². The van der Waals surface area contributed by atoms with Gasteiger partial charge in [-0.25, -0.2) is 0 Å². The lowest BCUT2D eigenvalue weighted by atomic mass is 9.95. The zero-order valence-electron chi connectivity index (χ0n) is 27.5. The van der Waals surface area contributed by atoms with E-state index in [1.165, 1.54) is 6.92 Å². The number of unbranched alkanes of at least 4 members (excludes halogenated alkanes) is 2. The lowest BCUT2D eigenvalue weighted by molar-refractivity contribution is -0.122. The van der Waals surface area contributed by atoms with Crippen molar-refractivity contribution >= 4 is 23.1 Å². The van der Waals surface area contributed by atoms with Crippen LogP contribution in [0.4, 0.5) is 5.69 Å². The maximum absolute atomic E-state index is 13.5. The number of ether oxygens (including phenoxy) is 3. The van der Waals surface area contributed by atoms with Crippen LogP contribution < -0.4 is 35.6 Å². The minimum absolute atomic E-state index is 0.0461. The Morgan fingerprint density at radius 2 is 1.81 bits per heavy atom. The molecule has 0 saturated carbocycles. The molecule has 2 aromatic carbocycles. The van der Waals surface area contributed by atoms with Crippen molar-refractivity contribution in [3.05, 3.63) is 75.8 Å². The summed E-state index contributed by atoms with van der Waals surface area (Å²) in [5, 5.41) is 17.7. The Morgan fingerprint density at radius 1 is 1.00 bits per heavy atom. The smallest absolute Gasteiger partial charge is 0.220 e. The second kappa shape index (κ2) is 15.0. The quantitative estimate of drug-likeness (QED) is 0.176. The molecule has 0 aliphatic heterocycles. The van der Waals surface area contributed by atoms with Gasteiger partial charge in [0, 0.05) is 31.6 Å². The molecule has 5 rings (SSSR count). The van der Waals surface area contributed by atoms with Gasteiger partial charge in [0.2, 0.25) is 23.0 Å². The van der Waals surface area contributed by atoms with Crippen LogP contribution in [0.2, 0.25) is 0 Å². The minimum Gasteiger partial charge on any atom is -0.493 e. The number of pyridine rings is 1. The molecule has 0 saturated heterocycles. The van der Waals surface area contributed by atoms with E-state index >= 15 is 0 Å². The van der Waals surface area contributed by atoms with Gasteiger partial charge in [0.15, 0.2) is 23.0 Å². The van der Waals surface area contributed by atoms with E-state index in [1.54, 1.807) is 33.5 Å². The van der Waals surface area contributed by atoms with Crippen LogP contribution in [0.1, 0.15) is 75.0 Å². The van der Waals surface area contributed by atoms with E-state index in [0.29, 0.717) is 66.6 Å². The third-order valence-corrected chi connectivity index (χ3v) is 8.42. The molecule has 2 unspecified atom stereocenters. The molecule has 3 N–H and O–H groups in total. The van der Waals surface area contributed by atoms with E-state index in [1.807, 2.05) is 47.9 Å². The van der Waals surface area contributed by atoms with Gasteiger partial charge in [-0.2, -0.15) is 0 Å². The average molecular weight is 643 g/mol. The molecule has 248 valence electrons. The molecule has 47 heavy (non-hydrogen) atoms. The second-order valence-corrected chi connectivity index (χ2v) is 11.6. The topological polar surface area (TPSA) is 145 Å². The van der Waals surface area contributed by atoms with Crippen LogP contribution in [-0.2, 0) is 16.0 Å². The van der Waals surface area contributed by atoms with Gasteiger partial charge >= 0.3 is 0 Å². The number of aryl methyl sites for hydroxylation is 1. The van der Waals surface area contributed by atoms with Crippen LogP contribution in [0.25, 0.3) is 16.8 Å². The number of aromatic nitrogens is 3. The highest BCUT2D eigenvalue weighted by atomic mass is 16.5. The third kappa shape index (κ3) is 7.32. The number of methoxy groups -OCH3 is 3. The highest BCUT2D eigenvalue weighted by molar-refractivity contribution is 5.83. The predicted octanol–water partition coefficient (Wildman–Crippen LogP) is 4.76. The molecule has 1 aliphatic rings. The highest BCUT2D eigenvalue weighted by Crippen LogP contribution is 2.50. The van der Waals surface area contributed by atoms with Gasteiger partial charge in [0.05, 0.1) is 39.1 Å². The standard InChI is InChI=1S/C35H42N6O6/c1-21(35-40-39-30-11-8-10-18-41(30)35)37-31(44)12-7-6-9-17-36-27-16-14-24-25(20-28(27)43)26(38-22(2)42)15-13-23-19-29(45-3)33(46-4)34(47-5)32(23)24/h8,10-11,14,16,18-21,26H,6-7,9,12-13,15,17H2,1-5H3,(H,36,43)(H,37,44)(H,38,42). The first-order valence-electron chi connectivity index (χ1n) is 15.9. The van der Waals surface area contributed by atoms with Crippen LogP contribution in [0.3, 0.4) is 0 Å². The number of hydrogen-bond donors (Lipinski definition) is 3. The Labute approximate surface area is 273 Å². The Hall–Kier alpha value is -5.13. The van der Waals surface area contributed by atoms with Crippen molar-refractivity contribution < 1.29 is 23.8 Å². The number of carbonyl (C=O) groups is 2. The monoisotopic (exact) mass is 642 g/mol. The zero-order valence-corrected chi connectivity index (χ0v) is 27.5. The Kier molecular flexibility index (Phi) is 10.6. The minimum atomic E-state index is -0.373. The fourth-order valence-corrected chi connectivity index (χ4v) is 6.20. The maximum Gasteiger partial charge on any atom is 0.220 e. The van der Waals surface area contributed by atoms with Gasteiger partial charge < -0.3 is 30.2 Å². The summed E-state index contributed by atoms with van der Waals surface area (Å²) in [6.45, 7) is 3.93. The van der Waals surface area contributed by atoms with Gasteiger partial charge in [0.1, 0.15) is 0 Å². The van der Waals surface area contributed by atoms with E-state index < -0.39 is 0 Å². The van der Waals surface area contributed by atoms with Crippen LogP contribution in [0, 0.1) is 0 Å². The number of hydrogen-bond acceptors (Lipinski definition) is 9. The van der Waals surface area contributed by atoms with Crippen molar-refractivity contribution in [3.8, 4) is 28.4 Å². The molecule has 4 aromatic rings. The van der Waals surface area contributed by atoms with Crippen molar-refractivity contribution in [2.24, 2.45) is 0 Å². The molecule has 0 spiro atoms. The summed E-state index contributed by atoms with van der Waals surface area (Å²) in [7, 11) is 4.71. The summed E-state index contributed by atoms with van der Waals surface area (Å²) < 4.78 is 19.0. The summed E-state index contributed by atoms with van der Waals surface area (Å²) in [6.07, 6.45) is 5.78. The molecular weight excluding hydrogens is 600 g/mol. The van der Waals surface area contributed by atoms with E-state index in [4.69, 9.17) is 14.2 Å². The van der Waals surface area contributed by atoms with E-state index in [2.05, 4.69) is 26.1 Å². The Morgan fingerprint density at radius 3 is 2.55 bits per heavy atom. The largest absolute Gasteiger partial charge is 0.493 e. The van der Waals surface area contributed by atoms with Gasteiger partial charge in [0.25, 0.3) is 0 Å². The fourth-order valence-electron chi connectivity index (χ4n) is 6.20. The first-order chi connectivity index (χ1) is 22.7. The van der Waals surface area contributed by atoms with E-state index in [-0.39, 0.29) is 29.3 Å². The normalized spacial score (nSPS) is 14.3. The maximum atomic E-state index is 13.5. The molecule has 0 radical (unpaired) electrons. The summed E-state index contributed by atoms with van der Waals surface area (Å²) in [4.78, 5) is 38.3. The zero-order chi connectivity index (χ0) is 33.5. The molecule has 12 heteroatoms. The number of anilines is 1. The Balaban J connectivity index is 1.26. The van der Waals surface area contributed by atoms with Gasteiger partial charge in [-0.3, -0.25) is 18.8 Å². The molecule has 0 fully saturated rings. The van der Waals surface area contributed by atoms with Crippen molar-refractivity contribution in [1.29, 1.82) is 0 Å². The summed E-state index contributed by atoms with van der Waals surface area (Å²) in [5.74, 6) is 1.97. The predicted molar refractivity (Wildman–Crippen MR) is 179 cm³/mol. The van der Waals surface area contributed by atoms with Crippen molar-refractivity contribution in [1.82, 2.24) is 25.2 Å². The molecule has 0 bridgehead atoms. The SMILES string of the molecule is COc1cc2c(c(OC)c1OC)-c1ccc(NCCCCCC(=O)NC(C)c3nnc4ccccn34)c(=O)cc1C(NC(C)=O)CC2. The number of amides is 2. The first kappa shape index (κ1) is 33.2. The number of carbonyl (C=O) groups excluding carboxylic acids is 2.